The Labute approximate surface area is 89.0 Å². The van der Waals surface area contributed by atoms with Crippen LogP contribution in [0.5, 0.6) is 0 Å². The van der Waals surface area contributed by atoms with Crippen LogP contribution < -0.4 is 5.90 Å². The van der Waals surface area contributed by atoms with Crippen molar-refractivity contribution in [1.82, 2.24) is 0 Å². The van der Waals surface area contributed by atoms with E-state index in [1.165, 1.54) is 11.1 Å². The zero-order valence-corrected chi connectivity index (χ0v) is 8.97. The fourth-order valence-corrected chi connectivity index (χ4v) is 2.17. The lowest BCUT2D eigenvalue weighted by Crippen LogP contribution is -2.18. The molecule has 1 aromatic rings. The number of hydrogen-bond acceptors (Lipinski definition) is 2. The average Bonchev–Trinajstić information content (AvgIpc) is 2.91. The molecular weight excluding hydrogens is 198 g/mol. The molecule has 3 heteroatoms. The monoisotopic (exact) mass is 211 g/mol. The van der Waals surface area contributed by atoms with Crippen LogP contribution in [0.15, 0.2) is 18.2 Å². The van der Waals surface area contributed by atoms with Crippen molar-refractivity contribution >= 4 is 11.6 Å². The predicted octanol–water partition coefficient (Wildman–Crippen LogP) is 2.57. The highest BCUT2D eigenvalue weighted by atomic mass is 35.5. The molecule has 0 amide bonds. The zero-order chi connectivity index (χ0) is 10.2. The third-order valence-electron chi connectivity index (χ3n) is 2.91. The van der Waals surface area contributed by atoms with E-state index in [0.29, 0.717) is 6.61 Å². The fraction of sp³-hybridized carbons (Fsp3) is 0.455. The smallest absolute Gasteiger partial charge is 0.0776 e. The largest absolute Gasteiger partial charge is 0.304 e. The van der Waals surface area contributed by atoms with Gasteiger partial charge in [-0.2, -0.15) is 0 Å². The van der Waals surface area contributed by atoms with Crippen molar-refractivity contribution in [1.29, 1.82) is 0 Å². The third-order valence-corrected chi connectivity index (χ3v) is 3.24. The van der Waals surface area contributed by atoms with Gasteiger partial charge in [-0.15, -0.1) is 0 Å². The molecule has 0 aliphatic heterocycles. The van der Waals surface area contributed by atoms with Crippen LogP contribution in [-0.2, 0) is 10.3 Å². The maximum absolute atomic E-state index is 6.16. The molecule has 0 atom stereocenters. The maximum atomic E-state index is 6.16. The first-order chi connectivity index (χ1) is 6.68. The highest BCUT2D eigenvalue weighted by Gasteiger charge is 2.45. The van der Waals surface area contributed by atoms with Crippen LogP contribution in [0.3, 0.4) is 0 Å². The molecule has 0 unspecified atom stereocenters. The average molecular weight is 212 g/mol. The van der Waals surface area contributed by atoms with Crippen LogP contribution in [0.25, 0.3) is 0 Å². The molecule has 0 bridgehead atoms. The summed E-state index contributed by atoms with van der Waals surface area (Å²) in [5, 5.41) is 0.824. The van der Waals surface area contributed by atoms with Gasteiger partial charge in [0.25, 0.3) is 0 Å². The van der Waals surface area contributed by atoms with E-state index in [4.69, 9.17) is 22.3 Å². The van der Waals surface area contributed by atoms with E-state index < -0.39 is 0 Å². The Morgan fingerprint density at radius 1 is 1.50 bits per heavy atom. The van der Waals surface area contributed by atoms with Crippen LogP contribution in [0.1, 0.15) is 24.0 Å². The van der Waals surface area contributed by atoms with Crippen molar-refractivity contribution in [2.24, 2.45) is 5.90 Å². The van der Waals surface area contributed by atoms with Crippen LogP contribution >= 0.6 is 11.6 Å². The van der Waals surface area contributed by atoms with Gasteiger partial charge in [0.15, 0.2) is 0 Å². The normalized spacial score (nSPS) is 18.2. The Hall–Kier alpha value is -0.570. The van der Waals surface area contributed by atoms with Gasteiger partial charge in [0.2, 0.25) is 0 Å². The van der Waals surface area contributed by atoms with E-state index in [-0.39, 0.29) is 5.41 Å². The summed E-state index contributed by atoms with van der Waals surface area (Å²) in [6, 6.07) is 6.10. The molecule has 0 spiro atoms. The standard InChI is InChI=1S/C11H14ClNO/c1-8-2-3-10(12)9(6-8)11(4-5-11)7-14-13/h2-3,6H,4-5,7,13H2,1H3. The second kappa shape index (κ2) is 3.54. The fourth-order valence-electron chi connectivity index (χ4n) is 1.85. The van der Waals surface area contributed by atoms with Crippen LogP contribution in [-0.4, -0.2) is 6.61 Å². The minimum absolute atomic E-state index is 0.0951. The highest BCUT2D eigenvalue weighted by Crippen LogP contribution is 2.50. The van der Waals surface area contributed by atoms with Crippen molar-refractivity contribution in [3.8, 4) is 0 Å². The van der Waals surface area contributed by atoms with E-state index in [1.54, 1.807) is 0 Å². The molecular formula is C11H14ClNO. The highest BCUT2D eigenvalue weighted by molar-refractivity contribution is 6.31. The van der Waals surface area contributed by atoms with Gasteiger partial charge in [0.1, 0.15) is 0 Å². The SMILES string of the molecule is Cc1ccc(Cl)c(C2(CON)CC2)c1. The number of rotatable bonds is 3. The van der Waals surface area contributed by atoms with Crippen molar-refractivity contribution in [2.75, 3.05) is 6.61 Å². The van der Waals surface area contributed by atoms with E-state index in [2.05, 4.69) is 13.0 Å². The summed E-state index contributed by atoms with van der Waals surface area (Å²) in [4.78, 5) is 4.76. The van der Waals surface area contributed by atoms with Gasteiger partial charge in [0, 0.05) is 10.4 Å². The molecule has 2 N–H and O–H groups in total. The molecule has 76 valence electrons. The first-order valence-corrected chi connectivity index (χ1v) is 5.14. The molecule has 1 aliphatic carbocycles. The molecule has 0 aromatic heterocycles. The Bertz CT molecular complexity index is 347. The van der Waals surface area contributed by atoms with Gasteiger partial charge in [0.05, 0.1) is 6.61 Å². The number of benzene rings is 1. The van der Waals surface area contributed by atoms with Gasteiger partial charge in [-0.1, -0.05) is 29.3 Å². The van der Waals surface area contributed by atoms with Gasteiger partial charge in [-0.25, -0.2) is 5.90 Å². The Kier molecular flexibility index (Phi) is 2.52. The molecule has 1 aliphatic rings. The third kappa shape index (κ3) is 1.65. The van der Waals surface area contributed by atoms with Gasteiger partial charge >= 0.3 is 0 Å². The summed E-state index contributed by atoms with van der Waals surface area (Å²) in [6.45, 7) is 2.63. The molecule has 2 nitrogen and oxygen atoms in total. The van der Waals surface area contributed by atoms with Crippen molar-refractivity contribution in [2.45, 2.75) is 25.2 Å². The molecule has 0 saturated heterocycles. The van der Waals surface area contributed by atoms with E-state index in [0.717, 1.165) is 17.9 Å². The number of nitrogens with two attached hydrogens (primary N) is 1. The molecule has 1 fully saturated rings. The molecule has 1 aromatic carbocycles. The Balaban J connectivity index is 2.35. The lowest BCUT2D eigenvalue weighted by atomic mass is 9.95. The van der Waals surface area contributed by atoms with Crippen molar-refractivity contribution in [3.63, 3.8) is 0 Å². The van der Waals surface area contributed by atoms with Crippen LogP contribution in [0.2, 0.25) is 5.02 Å². The van der Waals surface area contributed by atoms with Crippen molar-refractivity contribution < 1.29 is 4.84 Å². The van der Waals surface area contributed by atoms with E-state index >= 15 is 0 Å². The summed E-state index contributed by atoms with van der Waals surface area (Å²) in [5.74, 6) is 5.14. The predicted molar refractivity (Wildman–Crippen MR) is 57.2 cm³/mol. The first-order valence-electron chi connectivity index (χ1n) is 4.76. The number of halogens is 1. The topological polar surface area (TPSA) is 35.2 Å². The number of hydrogen-bond donors (Lipinski definition) is 1. The Morgan fingerprint density at radius 3 is 2.79 bits per heavy atom. The summed E-state index contributed by atoms with van der Waals surface area (Å²) in [7, 11) is 0. The summed E-state index contributed by atoms with van der Waals surface area (Å²) in [5.41, 5.74) is 2.51. The zero-order valence-electron chi connectivity index (χ0n) is 8.22. The Morgan fingerprint density at radius 2 is 2.21 bits per heavy atom. The molecule has 0 heterocycles. The first kappa shape index (κ1) is 9.97. The second-order valence-corrected chi connectivity index (χ2v) is 4.48. The van der Waals surface area contributed by atoms with Gasteiger partial charge in [-0.05, 0) is 31.4 Å². The molecule has 14 heavy (non-hydrogen) atoms. The molecule has 1 saturated carbocycles. The van der Waals surface area contributed by atoms with Crippen LogP contribution in [0.4, 0.5) is 0 Å². The number of aryl methyl sites for hydroxylation is 1. The minimum Gasteiger partial charge on any atom is -0.304 e. The summed E-state index contributed by atoms with van der Waals surface area (Å²) in [6.07, 6.45) is 2.24. The molecule has 2 rings (SSSR count). The van der Waals surface area contributed by atoms with E-state index in [9.17, 15) is 0 Å². The lowest BCUT2D eigenvalue weighted by molar-refractivity contribution is 0.116. The maximum Gasteiger partial charge on any atom is 0.0776 e. The van der Waals surface area contributed by atoms with Crippen molar-refractivity contribution in [3.05, 3.63) is 34.3 Å². The lowest BCUT2D eigenvalue weighted by Gasteiger charge is -2.16. The summed E-state index contributed by atoms with van der Waals surface area (Å²) >= 11 is 6.16. The quantitative estimate of drug-likeness (QED) is 0.780. The van der Waals surface area contributed by atoms with Gasteiger partial charge < -0.3 is 4.84 Å². The van der Waals surface area contributed by atoms with Gasteiger partial charge in [-0.3, -0.25) is 0 Å². The minimum atomic E-state index is 0.0951. The van der Waals surface area contributed by atoms with E-state index in [1.807, 2.05) is 12.1 Å². The molecule has 0 radical (unpaired) electrons. The van der Waals surface area contributed by atoms with Crippen LogP contribution in [0, 0.1) is 6.92 Å². The second-order valence-electron chi connectivity index (χ2n) is 4.07. The summed E-state index contributed by atoms with van der Waals surface area (Å²) < 4.78 is 0.